The van der Waals surface area contributed by atoms with Crippen molar-refractivity contribution in [3.8, 4) is 0 Å². The van der Waals surface area contributed by atoms with Crippen LogP contribution in [-0.4, -0.2) is 59.6 Å². The van der Waals surface area contributed by atoms with Crippen molar-refractivity contribution in [3.63, 3.8) is 0 Å². The van der Waals surface area contributed by atoms with Crippen LogP contribution in [0.2, 0.25) is 0 Å². The smallest absolute Gasteiger partial charge is 0.237 e. The van der Waals surface area contributed by atoms with Gasteiger partial charge in [0.15, 0.2) is 0 Å². The Hall–Kier alpha value is -0.610. The Morgan fingerprint density at radius 1 is 1.11 bits per heavy atom. The summed E-state index contributed by atoms with van der Waals surface area (Å²) in [4.78, 5) is 16.8. The SMILES string of the molecule is O=C(CN1CC(CO)C1)N1CCCC2CCCCC21. The number of fused-ring (bicyclic) bond motifs is 1. The highest BCUT2D eigenvalue weighted by molar-refractivity contribution is 5.79. The average Bonchev–Trinajstić information content (AvgIpc) is 2.41. The van der Waals surface area contributed by atoms with Crippen LogP contribution >= 0.6 is 0 Å². The van der Waals surface area contributed by atoms with Crippen LogP contribution in [0.3, 0.4) is 0 Å². The topological polar surface area (TPSA) is 43.8 Å². The minimum atomic E-state index is 0.263. The van der Waals surface area contributed by atoms with Gasteiger partial charge < -0.3 is 10.0 Å². The van der Waals surface area contributed by atoms with Crippen molar-refractivity contribution in [1.29, 1.82) is 0 Å². The second-order valence-corrected chi connectivity index (χ2v) is 6.58. The summed E-state index contributed by atoms with van der Waals surface area (Å²) in [5.41, 5.74) is 0. The number of hydrogen-bond acceptors (Lipinski definition) is 3. The Kier molecular flexibility index (Phi) is 4.08. The molecule has 2 saturated heterocycles. The van der Waals surface area contributed by atoms with Crippen LogP contribution in [0.4, 0.5) is 0 Å². The summed E-state index contributed by atoms with van der Waals surface area (Å²) in [5, 5.41) is 9.02. The fourth-order valence-corrected chi connectivity index (χ4v) is 4.14. The first-order valence-electron chi connectivity index (χ1n) is 7.90. The second-order valence-electron chi connectivity index (χ2n) is 6.58. The van der Waals surface area contributed by atoms with Crippen LogP contribution in [-0.2, 0) is 4.79 Å². The standard InChI is InChI=1S/C15H26N2O2/c18-11-12-8-16(9-12)10-15(19)17-7-3-5-13-4-1-2-6-14(13)17/h12-14,18H,1-11H2. The molecule has 2 unspecified atom stereocenters. The van der Waals surface area contributed by atoms with E-state index in [1.807, 2.05) is 0 Å². The molecule has 1 saturated carbocycles. The van der Waals surface area contributed by atoms with Crippen LogP contribution < -0.4 is 0 Å². The van der Waals surface area contributed by atoms with Gasteiger partial charge in [-0.2, -0.15) is 0 Å². The van der Waals surface area contributed by atoms with E-state index in [0.717, 1.165) is 25.6 Å². The number of rotatable bonds is 3. The fourth-order valence-electron chi connectivity index (χ4n) is 4.14. The van der Waals surface area contributed by atoms with E-state index >= 15 is 0 Å². The van der Waals surface area contributed by atoms with Gasteiger partial charge in [-0.3, -0.25) is 9.69 Å². The van der Waals surface area contributed by atoms with Gasteiger partial charge in [0.25, 0.3) is 0 Å². The van der Waals surface area contributed by atoms with Crippen molar-refractivity contribution in [2.24, 2.45) is 11.8 Å². The first kappa shape index (κ1) is 13.4. The Morgan fingerprint density at radius 3 is 2.63 bits per heavy atom. The molecule has 2 atom stereocenters. The molecule has 4 heteroatoms. The predicted octanol–water partition coefficient (Wildman–Crippen LogP) is 1.09. The Balaban J connectivity index is 1.53. The number of carbonyl (C=O) groups is 1. The van der Waals surface area contributed by atoms with Crippen LogP contribution in [0, 0.1) is 11.8 Å². The lowest BCUT2D eigenvalue weighted by atomic mass is 9.78. The molecule has 2 heterocycles. The quantitative estimate of drug-likeness (QED) is 0.831. The molecule has 0 aromatic carbocycles. The summed E-state index contributed by atoms with van der Waals surface area (Å²) >= 11 is 0. The van der Waals surface area contributed by atoms with Crippen molar-refractivity contribution in [2.75, 3.05) is 32.8 Å². The first-order valence-corrected chi connectivity index (χ1v) is 7.90. The summed E-state index contributed by atoms with van der Waals surface area (Å²) in [6.45, 7) is 3.59. The van der Waals surface area contributed by atoms with Gasteiger partial charge in [0.2, 0.25) is 5.91 Å². The Morgan fingerprint density at radius 2 is 1.84 bits per heavy atom. The number of carbonyl (C=O) groups excluding carboxylic acids is 1. The number of hydrogen-bond donors (Lipinski definition) is 1. The maximum atomic E-state index is 12.5. The Bertz CT molecular complexity index is 326. The molecule has 0 aromatic heterocycles. The second kappa shape index (κ2) is 5.80. The average molecular weight is 266 g/mol. The van der Waals surface area contributed by atoms with Gasteiger partial charge in [0.05, 0.1) is 6.54 Å². The van der Waals surface area contributed by atoms with Crippen molar-refractivity contribution >= 4 is 5.91 Å². The zero-order valence-corrected chi connectivity index (χ0v) is 11.8. The molecule has 0 radical (unpaired) electrons. The highest BCUT2D eigenvalue weighted by Gasteiger charge is 2.37. The van der Waals surface area contributed by atoms with Gasteiger partial charge in [-0.25, -0.2) is 0 Å². The van der Waals surface area contributed by atoms with E-state index in [2.05, 4.69) is 9.80 Å². The van der Waals surface area contributed by atoms with Crippen LogP contribution in [0.5, 0.6) is 0 Å². The largest absolute Gasteiger partial charge is 0.396 e. The van der Waals surface area contributed by atoms with E-state index in [1.54, 1.807) is 0 Å². The van der Waals surface area contributed by atoms with E-state index in [-0.39, 0.29) is 6.61 Å². The minimum Gasteiger partial charge on any atom is -0.396 e. The van der Waals surface area contributed by atoms with Crippen molar-refractivity contribution < 1.29 is 9.90 Å². The zero-order valence-electron chi connectivity index (χ0n) is 11.8. The monoisotopic (exact) mass is 266 g/mol. The molecule has 3 fully saturated rings. The maximum Gasteiger partial charge on any atom is 0.237 e. The number of aliphatic hydroxyl groups is 1. The molecule has 0 aromatic rings. The first-order chi connectivity index (χ1) is 9.28. The number of nitrogens with zero attached hydrogens (tertiary/aromatic N) is 2. The number of aliphatic hydroxyl groups excluding tert-OH is 1. The molecule has 108 valence electrons. The number of amides is 1. The van der Waals surface area contributed by atoms with E-state index in [1.165, 1.54) is 38.5 Å². The van der Waals surface area contributed by atoms with Gasteiger partial charge in [0, 0.05) is 38.2 Å². The predicted molar refractivity (Wildman–Crippen MR) is 73.7 cm³/mol. The molecular weight excluding hydrogens is 240 g/mol. The summed E-state index contributed by atoms with van der Waals surface area (Å²) in [6, 6.07) is 0.532. The van der Waals surface area contributed by atoms with Crippen molar-refractivity contribution in [1.82, 2.24) is 9.80 Å². The van der Waals surface area contributed by atoms with Crippen LogP contribution in [0.1, 0.15) is 38.5 Å². The highest BCUT2D eigenvalue weighted by Crippen LogP contribution is 2.35. The molecule has 2 aliphatic heterocycles. The lowest BCUT2D eigenvalue weighted by molar-refractivity contribution is -0.140. The lowest BCUT2D eigenvalue weighted by Gasteiger charge is -2.46. The van der Waals surface area contributed by atoms with E-state index in [4.69, 9.17) is 5.11 Å². The number of likely N-dealkylation sites (tertiary alicyclic amines) is 2. The Labute approximate surface area is 115 Å². The zero-order chi connectivity index (χ0) is 13.2. The molecule has 0 bridgehead atoms. The summed E-state index contributed by atoms with van der Waals surface area (Å²) in [5.74, 6) is 1.50. The maximum absolute atomic E-state index is 12.5. The third kappa shape index (κ3) is 2.79. The molecule has 3 rings (SSSR count). The lowest BCUT2D eigenvalue weighted by Crippen LogP contribution is -2.56. The summed E-state index contributed by atoms with van der Waals surface area (Å²) < 4.78 is 0. The fraction of sp³-hybridized carbons (Fsp3) is 0.933. The van der Waals surface area contributed by atoms with Gasteiger partial charge in [-0.1, -0.05) is 12.8 Å². The van der Waals surface area contributed by atoms with Gasteiger partial charge >= 0.3 is 0 Å². The van der Waals surface area contributed by atoms with Crippen LogP contribution in [0.25, 0.3) is 0 Å². The molecular formula is C15H26N2O2. The molecule has 1 amide bonds. The highest BCUT2D eigenvalue weighted by atomic mass is 16.3. The summed E-state index contributed by atoms with van der Waals surface area (Å²) in [7, 11) is 0. The van der Waals surface area contributed by atoms with Crippen LogP contribution in [0.15, 0.2) is 0 Å². The minimum absolute atomic E-state index is 0.263. The van der Waals surface area contributed by atoms with Gasteiger partial charge in [0.1, 0.15) is 0 Å². The van der Waals surface area contributed by atoms with Gasteiger partial charge in [-0.15, -0.1) is 0 Å². The molecule has 4 nitrogen and oxygen atoms in total. The molecule has 1 aliphatic carbocycles. The van der Waals surface area contributed by atoms with Crippen molar-refractivity contribution in [2.45, 2.75) is 44.6 Å². The molecule has 0 spiro atoms. The van der Waals surface area contributed by atoms with Gasteiger partial charge in [-0.05, 0) is 31.6 Å². The molecule has 19 heavy (non-hydrogen) atoms. The third-order valence-electron chi connectivity index (χ3n) is 5.21. The van der Waals surface area contributed by atoms with E-state index < -0.39 is 0 Å². The van der Waals surface area contributed by atoms with E-state index in [0.29, 0.717) is 24.4 Å². The summed E-state index contributed by atoms with van der Waals surface area (Å²) in [6.07, 6.45) is 7.70. The molecule has 1 N–H and O–H groups in total. The third-order valence-corrected chi connectivity index (χ3v) is 5.21. The molecule has 3 aliphatic rings. The number of piperidine rings is 1. The normalized spacial score (nSPS) is 32.8. The van der Waals surface area contributed by atoms with E-state index in [9.17, 15) is 4.79 Å². The van der Waals surface area contributed by atoms with Crippen molar-refractivity contribution in [3.05, 3.63) is 0 Å².